The quantitative estimate of drug-likeness (QED) is 0.248. The fourth-order valence-corrected chi connectivity index (χ4v) is 4.51. The SMILES string of the molecule is Nc1ncc(-c2cccc(CNC(=O)Nc3ccc(-c4ccccc4)cc3)c2)nc1C(=O)NC1CCCNC1. The molecule has 0 saturated carbocycles. The molecule has 6 N–H and O–H groups in total. The molecule has 1 unspecified atom stereocenters. The first-order valence-electron chi connectivity index (χ1n) is 13.0. The molecule has 2 heterocycles. The molecule has 198 valence electrons. The van der Waals surface area contributed by atoms with Gasteiger partial charge in [0.15, 0.2) is 11.5 Å². The molecule has 3 amide bonds. The smallest absolute Gasteiger partial charge is 0.319 e. The molecule has 0 spiro atoms. The highest BCUT2D eigenvalue weighted by atomic mass is 16.2. The Bertz CT molecular complexity index is 1440. The van der Waals surface area contributed by atoms with E-state index < -0.39 is 0 Å². The first kappa shape index (κ1) is 25.9. The number of hydrogen-bond acceptors (Lipinski definition) is 6. The van der Waals surface area contributed by atoms with Crippen LogP contribution in [0.1, 0.15) is 28.9 Å². The van der Waals surface area contributed by atoms with Gasteiger partial charge in [0, 0.05) is 30.4 Å². The second-order valence-electron chi connectivity index (χ2n) is 9.46. The van der Waals surface area contributed by atoms with Crippen LogP contribution in [0.3, 0.4) is 0 Å². The van der Waals surface area contributed by atoms with Gasteiger partial charge >= 0.3 is 6.03 Å². The van der Waals surface area contributed by atoms with Gasteiger partial charge in [0.25, 0.3) is 5.91 Å². The summed E-state index contributed by atoms with van der Waals surface area (Å²) in [7, 11) is 0. The minimum atomic E-state index is -0.332. The zero-order valence-corrected chi connectivity index (χ0v) is 21.5. The van der Waals surface area contributed by atoms with Crippen LogP contribution in [0.4, 0.5) is 16.3 Å². The van der Waals surface area contributed by atoms with Crippen LogP contribution in [0.15, 0.2) is 85.1 Å². The van der Waals surface area contributed by atoms with Gasteiger partial charge < -0.3 is 27.0 Å². The predicted molar refractivity (Wildman–Crippen MR) is 153 cm³/mol. The molecule has 1 aliphatic rings. The van der Waals surface area contributed by atoms with Crippen molar-refractivity contribution in [3.63, 3.8) is 0 Å². The maximum atomic E-state index is 12.8. The highest BCUT2D eigenvalue weighted by molar-refractivity contribution is 5.97. The Kier molecular flexibility index (Phi) is 8.09. The zero-order chi connectivity index (χ0) is 27.0. The van der Waals surface area contributed by atoms with Crippen LogP contribution in [0.5, 0.6) is 0 Å². The van der Waals surface area contributed by atoms with Gasteiger partial charge in [-0.1, -0.05) is 60.7 Å². The van der Waals surface area contributed by atoms with E-state index >= 15 is 0 Å². The number of aromatic nitrogens is 2. The van der Waals surface area contributed by atoms with Crippen molar-refractivity contribution in [1.29, 1.82) is 0 Å². The third-order valence-corrected chi connectivity index (χ3v) is 6.57. The first-order valence-corrected chi connectivity index (χ1v) is 13.0. The average molecular weight is 522 g/mol. The van der Waals surface area contributed by atoms with Crippen LogP contribution in [0.2, 0.25) is 0 Å². The van der Waals surface area contributed by atoms with Gasteiger partial charge in [-0.2, -0.15) is 0 Å². The van der Waals surface area contributed by atoms with Crippen molar-refractivity contribution in [3.8, 4) is 22.4 Å². The van der Waals surface area contributed by atoms with E-state index in [1.165, 1.54) is 0 Å². The van der Waals surface area contributed by atoms with E-state index in [0.717, 1.165) is 48.2 Å². The molecule has 0 radical (unpaired) electrons. The standard InChI is InChI=1S/C30H31N7O2/c31-28-27(29(38)35-25-10-5-15-32-18-25)37-26(19-33-28)23-9-4-6-20(16-23)17-34-30(39)36-24-13-11-22(12-14-24)21-7-2-1-3-8-21/h1-4,6-9,11-14,16,19,25,32H,5,10,15,17-18H2,(H2,31,33)(H,35,38)(H2,34,36,39). The lowest BCUT2D eigenvalue weighted by Gasteiger charge is -2.23. The van der Waals surface area contributed by atoms with Gasteiger partial charge in [0.1, 0.15) is 0 Å². The molecular weight excluding hydrogens is 490 g/mol. The Hall–Kier alpha value is -4.76. The molecule has 5 rings (SSSR count). The fraction of sp³-hybridized carbons (Fsp3) is 0.200. The number of nitrogens with two attached hydrogens (primary N) is 1. The van der Waals surface area contributed by atoms with E-state index in [1.54, 1.807) is 6.20 Å². The lowest BCUT2D eigenvalue weighted by molar-refractivity contribution is 0.0926. The zero-order valence-electron chi connectivity index (χ0n) is 21.5. The normalized spacial score (nSPS) is 14.8. The molecule has 1 atom stereocenters. The molecule has 0 bridgehead atoms. The third-order valence-electron chi connectivity index (χ3n) is 6.57. The summed E-state index contributed by atoms with van der Waals surface area (Å²) >= 11 is 0. The summed E-state index contributed by atoms with van der Waals surface area (Å²) in [5.74, 6) is -0.242. The molecule has 1 saturated heterocycles. The summed E-state index contributed by atoms with van der Waals surface area (Å²) in [6.45, 7) is 1.99. The number of amides is 3. The molecule has 39 heavy (non-hydrogen) atoms. The monoisotopic (exact) mass is 521 g/mol. The predicted octanol–water partition coefficient (Wildman–Crippen LogP) is 4.20. The number of benzene rings is 3. The highest BCUT2D eigenvalue weighted by Gasteiger charge is 2.20. The fourth-order valence-electron chi connectivity index (χ4n) is 4.51. The number of piperidine rings is 1. The molecule has 1 aliphatic heterocycles. The number of anilines is 2. The Morgan fingerprint density at radius 2 is 1.72 bits per heavy atom. The summed E-state index contributed by atoms with van der Waals surface area (Å²) in [5, 5.41) is 12.0. The van der Waals surface area contributed by atoms with Crippen LogP contribution >= 0.6 is 0 Å². The molecule has 3 aromatic carbocycles. The minimum absolute atomic E-state index is 0.0402. The number of urea groups is 1. The Labute approximate surface area is 227 Å². The van der Waals surface area contributed by atoms with E-state index in [4.69, 9.17) is 5.73 Å². The van der Waals surface area contributed by atoms with Crippen molar-refractivity contribution in [2.45, 2.75) is 25.4 Å². The summed E-state index contributed by atoms with van der Waals surface area (Å²) in [6.07, 6.45) is 3.46. The van der Waals surface area contributed by atoms with Crippen molar-refractivity contribution in [2.75, 3.05) is 24.1 Å². The van der Waals surface area contributed by atoms with Gasteiger partial charge in [-0.15, -0.1) is 0 Å². The van der Waals surface area contributed by atoms with E-state index in [2.05, 4.69) is 31.2 Å². The summed E-state index contributed by atoms with van der Waals surface area (Å²) in [4.78, 5) is 34.0. The number of carbonyl (C=O) groups excluding carboxylic acids is 2. The number of rotatable bonds is 7. The second kappa shape index (κ2) is 12.2. The van der Waals surface area contributed by atoms with E-state index in [9.17, 15) is 9.59 Å². The average Bonchev–Trinajstić information content (AvgIpc) is 2.98. The van der Waals surface area contributed by atoms with Crippen LogP contribution in [0, 0.1) is 0 Å². The molecule has 1 aromatic heterocycles. The highest BCUT2D eigenvalue weighted by Crippen LogP contribution is 2.22. The molecule has 9 heteroatoms. The van der Waals surface area contributed by atoms with Crippen molar-refractivity contribution in [1.82, 2.24) is 25.9 Å². The van der Waals surface area contributed by atoms with Crippen molar-refractivity contribution >= 4 is 23.4 Å². The van der Waals surface area contributed by atoms with Crippen LogP contribution < -0.4 is 27.0 Å². The van der Waals surface area contributed by atoms with Gasteiger partial charge in [0.05, 0.1) is 11.9 Å². The Morgan fingerprint density at radius 3 is 2.49 bits per heavy atom. The lowest BCUT2D eigenvalue weighted by atomic mass is 10.1. The van der Waals surface area contributed by atoms with Gasteiger partial charge in [-0.05, 0) is 54.3 Å². The third kappa shape index (κ3) is 6.77. The largest absolute Gasteiger partial charge is 0.382 e. The summed E-state index contributed by atoms with van der Waals surface area (Å²) < 4.78 is 0. The maximum absolute atomic E-state index is 12.8. The second-order valence-corrected chi connectivity index (χ2v) is 9.46. The van der Waals surface area contributed by atoms with Gasteiger partial charge in [-0.25, -0.2) is 14.8 Å². The molecule has 0 aliphatic carbocycles. The van der Waals surface area contributed by atoms with E-state index in [-0.39, 0.29) is 29.5 Å². The maximum Gasteiger partial charge on any atom is 0.319 e. The van der Waals surface area contributed by atoms with Crippen LogP contribution in [-0.2, 0) is 6.54 Å². The molecular formula is C30H31N7O2. The first-order chi connectivity index (χ1) is 19.0. The van der Waals surface area contributed by atoms with Gasteiger partial charge in [0.2, 0.25) is 0 Å². The lowest BCUT2D eigenvalue weighted by Crippen LogP contribution is -2.46. The number of nitrogen functional groups attached to an aromatic ring is 1. The van der Waals surface area contributed by atoms with Crippen molar-refractivity contribution in [2.24, 2.45) is 0 Å². The van der Waals surface area contributed by atoms with Crippen LogP contribution in [0.25, 0.3) is 22.4 Å². The number of nitrogens with zero attached hydrogens (tertiary/aromatic N) is 2. The van der Waals surface area contributed by atoms with Crippen LogP contribution in [-0.4, -0.2) is 41.0 Å². The number of carbonyl (C=O) groups is 2. The van der Waals surface area contributed by atoms with Crippen molar-refractivity contribution < 1.29 is 9.59 Å². The molecule has 1 fully saturated rings. The number of hydrogen-bond donors (Lipinski definition) is 5. The summed E-state index contributed by atoms with van der Waals surface area (Å²) in [6, 6.07) is 25.1. The van der Waals surface area contributed by atoms with Crippen molar-refractivity contribution in [3.05, 3.63) is 96.3 Å². The molecule has 9 nitrogen and oxygen atoms in total. The minimum Gasteiger partial charge on any atom is -0.382 e. The summed E-state index contributed by atoms with van der Waals surface area (Å²) in [5.41, 5.74) is 11.2. The van der Waals surface area contributed by atoms with E-state index in [0.29, 0.717) is 17.9 Å². The Morgan fingerprint density at radius 1 is 0.949 bits per heavy atom. The Balaban J connectivity index is 1.20. The molecule has 4 aromatic rings. The van der Waals surface area contributed by atoms with Gasteiger partial charge in [-0.3, -0.25) is 4.79 Å². The van der Waals surface area contributed by atoms with E-state index in [1.807, 2.05) is 78.9 Å². The topological polar surface area (TPSA) is 134 Å². The number of nitrogens with one attached hydrogen (secondary N) is 4.